The molecule has 0 bridgehead atoms. The molecule has 0 aromatic carbocycles. The predicted molar refractivity (Wildman–Crippen MR) is 122 cm³/mol. The van der Waals surface area contributed by atoms with Crippen molar-refractivity contribution in [3.63, 3.8) is 0 Å². The minimum atomic E-state index is -0.506. The molecule has 1 fully saturated rings. The SMILES string of the molecule is CN=CCC(C1CCN(c2ncc(F)cc2C#N)C1)n1cc(-c2ncnc3[nH]ccc23)cn1. The normalized spacial score (nSPS) is 17.1. The molecule has 0 radical (unpaired) electrons. The number of aliphatic imine (C=N–C) groups is 1. The average Bonchev–Trinajstić information content (AvgIpc) is 3.60. The number of rotatable bonds is 6. The molecule has 0 aliphatic carbocycles. The standard InChI is InChI=1S/C23H22FN9/c1-26-5-3-20(15-4-7-32(12-15)23-16(9-25)8-18(24)11-28-23)33-13-17(10-31-33)21-19-2-6-27-22(19)30-14-29-21/h2,5-6,8,10-11,13-15,20H,3-4,7,12H2,1H3,(H,27,29,30). The molecule has 5 heterocycles. The Morgan fingerprint density at radius 3 is 3.12 bits per heavy atom. The Morgan fingerprint density at radius 1 is 1.36 bits per heavy atom. The minimum absolute atomic E-state index is 0.0713. The Balaban J connectivity index is 1.42. The molecule has 33 heavy (non-hydrogen) atoms. The van der Waals surface area contributed by atoms with Crippen molar-refractivity contribution in [1.82, 2.24) is 29.7 Å². The van der Waals surface area contributed by atoms with Crippen molar-refractivity contribution in [2.45, 2.75) is 18.9 Å². The van der Waals surface area contributed by atoms with E-state index < -0.39 is 5.82 Å². The lowest BCUT2D eigenvalue weighted by atomic mass is 9.96. The molecule has 5 rings (SSSR count). The van der Waals surface area contributed by atoms with E-state index in [1.54, 1.807) is 13.4 Å². The first kappa shape index (κ1) is 20.8. The van der Waals surface area contributed by atoms with Crippen molar-refractivity contribution in [1.29, 1.82) is 5.26 Å². The van der Waals surface area contributed by atoms with Crippen molar-refractivity contribution >= 4 is 23.1 Å². The summed E-state index contributed by atoms with van der Waals surface area (Å²) in [4.78, 5) is 22.3. The maximum absolute atomic E-state index is 13.5. The highest BCUT2D eigenvalue weighted by Crippen LogP contribution is 2.34. The van der Waals surface area contributed by atoms with Crippen molar-refractivity contribution in [2.24, 2.45) is 10.9 Å². The molecule has 0 amide bonds. The van der Waals surface area contributed by atoms with Crippen LogP contribution in [0.2, 0.25) is 0 Å². The molecule has 9 nitrogen and oxygen atoms in total. The van der Waals surface area contributed by atoms with Crippen molar-refractivity contribution < 1.29 is 4.39 Å². The third kappa shape index (κ3) is 3.93. The maximum Gasteiger partial charge on any atom is 0.146 e. The van der Waals surface area contributed by atoms with Gasteiger partial charge in [0.15, 0.2) is 0 Å². The smallest absolute Gasteiger partial charge is 0.146 e. The first-order valence-corrected chi connectivity index (χ1v) is 10.7. The minimum Gasteiger partial charge on any atom is -0.355 e. The molecule has 10 heteroatoms. The van der Waals surface area contributed by atoms with Gasteiger partial charge < -0.3 is 14.9 Å². The second-order valence-corrected chi connectivity index (χ2v) is 8.05. The lowest BCUT2D eigenvalue weighted by Gasteiger charge is -2.24. The average molecular weight is 443 g/mol. The molecule has 1 aliphatic rings. The van der Waals surface area contributed by atoms with E-state index in [0.29, 0.717) is 12.4 Å². The molecule has 166 valence electrons. The molecule has 2 atom stereocenters. The Kier molecular flexibility index (Phi) is 5.52. The monoisotopic (exact) mass is 443 g/mol. The number of hydrogen-bond donors (Lipinski definition) is 1. The molecule has 1 aliphatic heterocycles. The van der Waals surface area contributed by atoms with Gasteiger partial charge in [-0.1, -0.05) is 0 Å². The number of halogens is 1. The number of aromatic amines is 1. The third-order valence-electron chi connectivity index (χ3n) is 6.12. The number of fused-ring (bicyclic) bond motifs is 1. The molecular formula is C23H22FN9. The molecule has 4 aromatic rings. The number of nitrogens with one attached hydrogen (secondary N) is 1. The van der Waals surface area contributed by atoms with Gasteiger partial charge in [-0.2, -0.15) is 10.4 Å². The summed E-state index contributed by atoms with van der Waals surface area (Å²) in [5.74, 6) is 0.279. The predicted octanol–water partition coefficient (Wildman–Crippen LogP) is 3.39. The zero-order valence-electron chi connectivity index (χ0n) is 18.1. The second kappa shape index (κ2) is 8.78. The van der Waals surface area contributed by atoms with Crippen LogP contribution in [0.4, 0.5) is 10.2 Å². The Labute approximate surface area is 189 Å². The fourth-order valence-corrected chi connectivity index (χ4v) is 4.53. The molecular weight excluding hydrogens is 421 g/mol. The van der Waals surface area contributed by atoms with Crippen LogP contribution in [0.1, 0.15) is 24.4 Å². The number of hydrogen-bond acceptors (Lipinski definition) is 7. The van der Waals surface area contributed by atoms with Crippen LogP contribution in [-0.2, 0) is 0 Å². The van der Waals surface area contributed by atoms with Crippen LogP contribution in [0.15, 0.2) is 48.2 Å². The summed E-state index contributed by atoms with van der Waals surface area (Å²) in [6, 6.07) is 5.33. The summed E-state index contributed by atoms with van der Waals surface area (Å²) in [7, 11) is 1.76. The van der Waals surface area contributed by atoms with E-state index in [0.717, 1.165) is 47.9 Å². The van der Waals surface area contributed by atoms with Crippen LogP contribution >= 0.6 is 0 Å². The number of nitriles is 1. The van der Waals surface area contributed by atoms with Gasteiger partial charge in [0.2, 0.25) is 0 Å². The van der Waals surface area contributed by atoms with E-state index in [1.165, 1.54) is 6.07 Å². The van der Waals surface area contributed by atoms with E-state index in [1.807, 2.05) is 35.6 Å². The molecule has 0 saturated carbocycles. The summed E-state index contributed by atoms with van der Waals surface area (Å²) >= 11 is 0. The lowest BCUT2D eigenvalue weighted by molar-refractivity contribution is 0.337. The molecule has 4 aromatic heterocycles. The highest BCUT2D eigenvalue weighted by molar-refractivity contribution is 5.90. The quantitative estimate of drug-likeness (QED) is 0.457. The van der Waals surface area contributed by atoms with Crippen LogP contribution in [0.5, 0.6) is 0 Å². The summed E-state index contributed by atoms with van der Waals surface area (Å²) < 4.78 is 15.5. The van der Waals surface area contributed by atoms with Crippen molar-refractivity contribution in [3.8, 4) is 17.3 Å². The van der Waals surface area contributed by atoms with E-state index in [2.05, 4.69) is 41.0 Å². The summed E-state index contributed by atoms with van der Waals surface area (Å²) in [5, 5.41) is 15.0. The number of aromatic nitrogens is 6. The van der Waals surface area contributed by atoms with E-state index in [9.17, 15) is 9.65 Å². The van der Waals surface area contributed by atoms with Gasteiger partial charge in [-0.25, -0.2) is 19.3 Å². The van der Waals surface area contributed by atoms with Gasteiger partial charge >= 0.3 is 0 Å². The molecule has 1 saturated heterocycles. The number of anilines is 1. The Hall–Kier alpha value is -4.13. The molecule has 2 unspecified atom stereocenters. The number of pyridine rings is 1. The summed E-state index contributed by atoms with van der Waals surface area (Å²) in [5.41, 5.74) is 2.79. The Bertz CT molecular complexity index is 1350. The first-order chi connectivity index (χ1) is 16.2. The number of nitrogens with zero attached hydrogens (tertiary/aromatic N) is 8. The van der Waals surface area contributed by atoms with Crippen LogP contribution in [0, 0.1) is 23.1 Å². The van der Waals surface area contributed by atoms with E-state index in [-0.39, 0.29) is 17.5 Å². The highest BCUT2D eigenvalue weighted by atomic mass is 19.1. The highest BCUT2D eigenvalue weighted by Gasteiger charge is 2.32. The lowest BCUT2D eigenvalue weighted by Crippen LogP contribution is -2.26. The van der Waals surface area contributed by atoms with Gasteiger partial charge in [-0.15, -0.1) is 0 Å². The summed E-state index contributed by atoms with van der Waals surface area (Å²) in [6.07, 6.45) is 11.9. The van der Waals surface area contributed by atoms with Gasteiger partial charge in [0, 0.05) is 62.0 Å². The summed E-state index contributed by atoms with van der Waals surface area (Å²) in [6.45, 7) is 1.43. The van der Waals surface area contributed by atoms with Crippen LogP contribution in [0.3, 0.4) is 0 Å². The second-order valence-electron chi connectivity index (χ2n) is 8.05. The fourth-order valence-electron chi connectivity index (χ4n) is 4.53. The van der Waals surface area contributed by atoms with Gasteiger partial charge in [-0.3, -0.25) is 4.68 Å². The van der Waals surface area contributed by atoms with Gasteiger partial charge in [0.25, 0.3) is 0 Å². The largest absolute Gasteiger partial charge is 0.355 e. The van der Waals surface area contributed by atoms with Crippen molar-refractivity contribution in [2.75, 3.05) is 25.0 Å². The van der Waals surface area contributed by atoms with Crippen LogP contribution in [-0.4, -0.2) is 56.1 Å². The van der Waals surface area contributed by atoms with E-state index >= 15 is 0 Å². The van der Waals surface area contributed by atoms with E-state index in [4.69, 9.17) is 0 Å². The zero-order chi connectivity index (χ0) is 22.8. The maximum atomic E-state index is 13.5. The topological polar surface area (TPSA) is 112 Å². The number of H-pyrrole nitrogens is 1. The van der Waals surface area contributed by atoms with Crippen molar-refractivity contribution in [3.05, 3.63) is 54.6 Å². The fraction of sp³-hybridized carbons (Fsp3) is 0.304. The van der Waals surface area contributed by atoms with Crippen LogP contribution in [0.25, 0.3) is 22.3 Å². The third-order valence-corrected chi connectivity index (χ3v) is 6.12. The Morgan fingerprint density at radius 2 is 2.27 bits per heavy atom. The van der Waals surface area contributed by atoms with Gasteiger partial charge in [0.1, 0.15) is 29.7 Å². The molecule has 1 N–H and O–H groups in total. The van der Waals surface area contributed by atoms with Crippen LogP contribution < -0.4 is 4.90 Å². The first-order valence-electron chi connectivity index (χ1n) is 10.7. The zero-order valence-corrected chi connectivity index (χ0v) is 18.1. The van der Waals surface area contributed by atoms with Gasteiger partial charge in [-0.05, 0) is 18.6 Å². The molecule has 0 spiro atoms. The van der Waals surface area contributed by atoms with Gasteiger partial charge in [0.05, 0.1) is 29.7 Å².